The van der Waals surface area contributed by atoms with Crippen LogP contribution in [0.1, 0.15) is 26.7 Å². The van der Waals surface area contributed by atoms with E-state index in [1.165, 1.54) is 13.8 Å². The predicted octanol–water partition coefficient (Wildman–Crippen LogP) is 1.41. The van der Waals surface area contributed by atoms with Gasteiger partial charge in [0.15, 0.2) is 0 Å². The van der Waals surface area contributed by atoms with Gasteiger partial charge in [-0.15, -0.1) is 0 Å². The van der Waals surface area contributed by atoms with Crippen molar-refractivity contribution in [2.75, 3.05) is 6.54 Å². The molecule has 0 aromatic carbocycles. The molecule has 0 aliphatic rings. The molecule has 9 heteroatoms. The molecule has 0 spiro atoms. The number of alkyl halides is 3. The normalized spacial score (nSPS) is 13.4. The Morgan fingerprint density at radius 2 is 1.82 bits per heavy atom. The number of carbonyl (C=O) groups is 1. The fourth-order valence-corrected chi connectivity index (χ4v) is 2.37. The van der Waals surface area contributed by atoms with Crippen molar-refractivity contribution in [1.29, 1.82) is 0 Å². The topological polar surface area (TPSA) is 74.7 Å². The first-order valence-corrected chi connectivity index (χ1v) is 6.24. The summed E-state index contributed by atoms with van der Waals surface area (Å²) >= 11 is 0. The molecule has 0 aromatic heterocycles. The Balaban J connectivity index is 4.82. The second-order valence-electron chi connectivity index (χ2n) is 3.65. The molecule has 0 aliphatic heterocycles. The van der Waals surface area contributed by atoms with Crippen LogP contribution in [0.25, 0.3) is 0 Å². The van der Waals surface area contributed by atoms with Gasteiger partial charge in [-0.05, 0) is 20.3 Å². The first-order valence-electron chi connectivity index (χ1n) is 4.80. The fourth-order valence-electron chi connectivity index (χ4n) is 1.17. The highest BCUT2D eigenvalue weighted by molar-refractivity contribution is 7.90. The molecule has 102 valence electrons. The summed E-state index contributed by atoms with van der Waals surface area (Å²) in [5.74, 6) is -1.18. The maximum absolute atomic E-state index is 12.3. The van der Waals surface area contributed by atoms with Crippen LogP contribution in [0.15, 0.2) is 0 Å². The van der Waals surface area contributed by atoms with E-state index in [1.54, 1.807) is 0 Å². The van der Waals surface area contributed by atoms with Crippen LogP contribution in [-0.2, 0) is 14.8 Å². The molecule has 0 saturated carbocycles. The number of sulfonamides is 1. The Hall–Kier alpha value is -0.830. The fraction of sp³-hybridized carbons (Fsp3) is 0.875. The molecule has 5 nitrogen and oxygen atoms in total. The van der Waals surface area contributed by atoms with Crippen molar-refractivity contribution in [2.45, 2.75) is 38.2 Å². The van der Waals surface area contributed by atoms with E-state index >= 15 is 0 Å². The highest BCUT2D eigenvalue weighted by Crippen LogP contribution is 2.28. The highest BCUT2D eigenvalue weighted by atomic mass is 32.2. The number of rotatable bonds is 6. The minimum absolute atomic E-state index is 0.164. The van der Waals surface area contributed by atoms with E-state index in [9.17, 15) is 26.4 Å². The van der Waals surface area contributed by atoms with E-state index < -0.39 is 34.1 Å². The van der Waals surface area contributed by atoms with Gasteiger partial charge in [0.1, 0.15) is 0 Å². The Morgan fingerprint density at radius 1 is 1.35 bits per heavy atom. The molecular formula is C8H14F3NO4S. The van der Waals surface area contributed by atoms with Gasteiger partial charge in [0.05, 0.1) is 0 Å². The van der Waals surface area contributed by atoms with E-state index in [1.807, 2.05) is 0 Å². The Kier molecular flexibility index (Phi) is 5.40. The number of carboxylic acids is 1. The lowest BCUT2D eigenvalue weighted by atomic mass is 10.3. The summed E-state index contributed by atoms with van der Waals surface area (Å²) in [6.07, 6.45) is -0.542. The SMILES string of the molecule is CC(C)N(CCCC(=O)O)S(=O)(=O)C(F)(F)F. The van der Waals surface area contributed by atoms with Crippen LogP contribution < -0.4 is 0 Å². The third kappa shape index (κ3) is 4.50. The quantitative estimate of drug-likeness (QED) is 0.796. The lowest BCUT2D eigenvalue weighted by molar-refractivity contribution is -0.137. The lowest BCUT2D eigenvalue weighted by Crippen LogP contribution is -2.45. The molecule has 0 atom stereocenters. The molecule has 0 unspecified atom stereocenters. The van der Waals surface area contributed by atoms with Crippen LogP contribution in [0.2, 0.25) is 0 Å². The van der Waals surface area contributed by atoms with E-state index in [2.05, 4.69) is 0 Å². The molecule has 0 saturated heterocycles. The second kappa shape index (κ2) is 5.67. The van der Waals surface area contributed by atoms with Crippen LogP contribution >= 0.6 is 0 Å². The van der Waals surface area contributed by atoms with Gasteiger partial charge in [-0.3, -0.25) is 4.79 Å². The zero-order chi connectivity index (χ0) is 13.9. The van der Waals surface area contributed by atoms with Gasteiger partial charge < -0.3 is 5.11 Å². The van der Waals surface area contributed by atoms with E-state index in [0.29, 0.717) is 0 Å². The molecule has 0 amide bonds. The van der Waals surface area contributed by atoms with Gasteiger partial charge in [0.2, 0.25) is 0 Å². The van der Waals surface area contributed by atoms with Crippen molar-refractivity contribution in [2.24, 2.45) is 0 Å². The van der Waals surface area contributed by atoms with Gasteiger partial charge >= 0.3 is 21.5 Å². The maximum Gasteiger partial charge on any atom is 0.511 e. The molecule has 0 heterocycles. The van der Waals surface area contributed by atoms with Crippen molar-refractivity contribution >= 4 is 16.0 Å². The number of hydrogen-bond donors (Lipinski definition) is 1. The van der Waals surface area contributed by atoms with Crippen molar-refractivity contribution in [3.8, 4) is 0 Å². The van der Waals surface area contributed by atoms with Crippen molar-refractivity contribution in [3.63, 3.8) is 0 Å². The molecular weight excluding hydrogens is 263 g/mol. The van der Waals surface area contributed by atoms with Gasteiger partial charge in [-0.1, -0.05) is 0 Å². The monoisotopic (exact) mass is 277 g/mol. The summed E-state index contributed by atoms with van der Waals surface area (Å²) in [6.45, 7) is 2.12. The maximum atomic E-state index is 12.3. The summed E-state index contributed by atoms with van der Waals surface area (Å²) in [5.41, 5.74) is -5.36. The number of halogens is 3. The zero-order valence-electron chi connectivity index (χ0n) is 9.36. The van der Waals surface area contributed by atoms with Crippen LogP contribution in [-0.4, -0.2) is 41.9 Å². The lowest BCUT2D eigenvalue weighted by Gasteiger charge is -2.26. The van der Waals surface area contributed by atoms with Gasteiger partial charge in [0.25, 0.3) is 0 Å². The number of hydrogen-bond acceptors (Lipinski definition) is 3. The summed E-state index contributed by atoms with van der Waals surface area (Å²) in [7, 11) is -5.40. The summed E-state index contributed by atoms with van der Waals surface area (Å²) in [6, 6.07) is -0.879. The summed E-state index contributed by atoms with van der Waals surface area (Å²) < 4.78 is 59.4. The van der Waals surface area contributed by atoms with Gasteiger partial charge in [-0.25, -0.2) is 8.42 Å². The molecule has 0 rings (SSSR count). The molecule has 0 aromatic rings. The third-order valence-corrected chi connectivity index (χ3v) is 3.75. The smallest absolute Gasteiger partial charge is 0.481 e. The van der Waals surface area contributed by atoms with Crippen LogP contribution in [0.3, 0.4) is 0 Å². The molecule has 17 heavy (non-hydrogen) atoms. The highest BCUT2D eigenvalue weighted by Gasteiger charge is 2.50. The van der Waals surface area contributed by atoms with Crippen LogP contribution in [0.5, 0.6) is 0 Å². The molecule has 1 N–H and O–H groups in total. The van der Waals surface area contributed by atoms with Gasteiger partial charge in [0, 0.05) is 19.0 Å². The molecule has 0 fully saturated rings. The van der Waals surface area contributed by atoms with Crippen molar-refractivity contribution in [3.05, 3.63) is 0 Å². The second-order valence-corrected chi connectivity index (χ2v) is 5.53. The molecule has 0 aliphatic carbocycles. The first kappa shape index (κ1) is 16.2. The average molecular weight is 277 g/mol. The summed E-state index contributed by atoms with van der Waals surface area (Å²) in [4.78, 5) is 10.2. The average Bonchev–Trinajstić information content (AvgIpc) is 2.08. The minimum atomic E-state index is -5.40. The van der Waals surface area contributed by atoms with Gasteiger partial charge in [-0.2, -0.15) is 17.5 Å². The number of nitrogens with zero attached hydrogens (tertiary/aromatic N) is 1. The van der Waals surface area contributed by atoms with Crippen molar-refractivity contribution < 1.29 is 31.5 Å². The predicted molar refractivity (Wildman–Crippen MR) is 53.7 cm³/mol. The standard InChI is InChI=1S/C8H14F3NO4S/c1-6(2)12(5-3-4-7(13)14)17(15,16)8(9,10)11/h6H,3-5H2,1-2H3,(H,13,14). The van der Waals surface area contributed by atoms with Crippen molar-refractivity contribution in [1.82, 2.24) is 4.31 Å². The Labute approximate surface area is 97.3 Å². The van der Waals surface area contributed by atoms with Crippen LogP contribution in [0, 0.1) is 0 Å². The number of carboxylic acid groups (broad SMARTS) is 1. The summed E-state index contributed by atoms with van der Waals surface area (Å²) in [5, 5.41) is 8.34. The molecule has 0 radical (unpaired) electrons. The van der Waals surface area contributed by atoms with E-state index in [4.69, 9.17) is 5.11 Å². The Bertz CT molecular complexity index is 363. The first-order chi connectivity index (χ1) is 7.50. The van der Waals surface area contributed by atoms with E-state index in [0.717, 1.165) is 0 Å². The third-order valence-electron chi connectivity index (χ3n) is 1.95. The van der Waals surface area contributed by atoms with Crippen LogP contribution in [0.4, 0.5) is 13.2 Å². The number of aliphatic carboxylic acids is 1. The Morgan fingerprint density at radius 3 is 2.12 bits per heavy atom. The van der Waals surface area contributed by atoms with E-state index in [-0.39, 0.29) is 17.1 Å². The zero-order valence-corrected chi connectivity index (χ0v) is 10.2. The minimum Gasteiger partial charge on any atom is -0.481 e. The molecule has 0 bridgehead atoms. The largest absolute Gasteiger partial charge is 0.511 e.